The molecule has 1 unspecified atom stereocenters. The molecule has 1 aliphatic heterocycles. The summed E-state index contributed by atoms with van der Waals surface area (Å²) < 4.78 is 30.0. The summed E-state index contributed by atoms with van der Waals surface area (Å²) in [6.07, 6.45) is 6.12. The molecular weight excluding hydrogens is 332 g/mol. The van der Waals surface area contributed by atoms with Crippen LogP contribution in [0.25, 0.3) is 0 Å². The molecule has 1 aromatic heterocycles. The molecule has 0 spiro atoms. The van der Waals surface area contributed by atoms with Crippen LogP contribution in [-0.4, -0.2) is 48.1 Å². The van der Waals surface area contributed by atoms with Crippen LogP contribution in [0.15, 0.2) is 4.52 Å². The number of carbonyl (C=O) groups excluding carboxylic acids is 1. The maximum absolute atomic E-state index is 12.8. The molecule has 0 radical (unpaired) electrons. The highest BCUT2D eigenvalue weighted by molar-refractivity contribution is 7.88. The molecule has 3 rings (SSSR count). The summed E-state index contributed by atoms with van der Waals surface area (Å²) in [6.45, 7) is 2.45. The van der Waals surface area contributed by atoms with Crippen LogP contribution in [-0.2, 0) is 20.4 Å². The van der Waals surface area contributed by atoms with Crippen LogP contribution in [0.4, 0.5) is 0 Å². The van der Waals surface area contributed by atoms with Gasteiger partial charge in [0.15, 0.2) is 5.82 Å². The van der Waals surface area contributed by atoms with Crippen molar-refractivity contribution in [3.63, 3.8) is 0 Å². The van der Waals surface area contributed by atoms with Crippen LogP contribution >= 0.6 is 0 Å². The van der Waals surface area contributed by atoms with Gasteiger partial charge in [-0.25, -0.2) is 12.7 Å². The monoisotopic (exact) mass is 356 g/mol. The van der Waals surface area contributed by atoms with Gasteiger partial charge < -0.3 is 9.84 Å². The third kappa shape index (κ3) is 3.46. The SMILES string of the molecule is Cc1nc(C2(NC(=O)C3CCCN(S(C)(=O)=O)C3)CCCC2)no1. The van der Waals surface area contributed by atoms with Gasteiger partial charge in [-0.15, -0.1) is 0 Å². The predicted molar refractivity (Wildman–Crippen MR) is 86.5 cm³/mol. The lowest BCUT2D eigenvalue weighted by molar-refractivity contribution is -0.128. The van der Waals surface area contributed by atoms with Gasteiger partial charge in [0.05, 0.1) is 12.2 Å². The van der Waals surface area contributed by atoms with Gasteiger partial charge in [0.2, 0.25) is 21.8 Å². The number of piperidine rings is 1. The first kappa shape index (κ1) is 17.3. The van der Waals surface area contributed by atoms with E-state index in [9.17, 15) is 13.2 Å². The van der Waals surface area contributed by atoms with Crippen molar-refractivity contribution in [3.05, 3.63) is 11.7 Å². The molecule has 8 nitrogen and oxygen atoms in total. The van der Waals surface area contributed by atoms with Crippen molar-refractivity contribution in [1.29, 1.82) is 0 Å². The first-order valence-corrected chi connectivity index (χ1v) is 10.2. The predicted octanol–water partition coefficient (Wildman–Crippen LogP) is 0.935. The van der Waals surface area contributed by atoms with Crippen LogP contribution in [0.3, 0.4) is 0 Å². The number of aryl methyl sites for hydroxylation is 1. The molecule has 9 heteroatoms. The second-order valence-electron chi connectivity index (χ2n) is 6.88. The fraction of sp³-hybridized carbons (Fsp3) is 0.800. The van der Waals surface area contributed by atoms with Gasteiger partial charge in [-0.2, -0.15) is 4.98 Å². The molecule has 2 aliphatic rings. The third-order valence-corrected chi connectivity index (χ3v) is 6.27. The molecule has 2 fully saturated rings. The average Bonchev–Trinajstić information content (AvgIpc) is 3.16. The lowest BCUT2D eigenvalue weighted by Crippen LogP contribution is -2.51. The largest absolute Gasteiger partial charge is 0.343 e. The van der Waals surface area contributed by atoms with E-state index in [-0.39, 0.29) is 18.4 Å². The highest BCUT2D eigenvalue weighted by Gasteiger charge is 2.43. The van der Waals surface area contributed by atoms with E-state index in [1.165, 1.54) is 10.6 Å². The standard InChI is InChI=1S/C15H24N4O4S/c1-11-16-14(18-23-11)15(7-3-4-8-15)17-13(20)12-6-5-9-19(10-12)24(2,21)22/h12H,3-10H2,1-2H3,(H,17,20). The third-order valence-electron chi connectivity index (χ3n) is 5.00. The van der Waals surface area contributed by atoms with Crippen LogP contribution < -0.4 is 5.32 Å². The number of hydrogen-bond acceptors (Lipinski definition) is 6. The van der Waals surface area contributed by atoms with E-state index >= 15 is 0 Å². The summed E-state index contributed by atoms with van der Waals surface area (Å²) in [5.74, 6) is 0.555. The van der Waals surface area contributed by atoms with Gasteiger partial charge in [0.1, 0.15) is 5.54 Å². The Labute approximate surface area is 142 Å². The molecule has 1 amide bonds. The van der Waals surface area contributed by atoms with Crippen molar-refractivity contribution in [2.75, 3.05) is 19.3 Å². The molecule has 0 bridgehead atoms. The zero-order valence-corrected chi connectivity index (χ0v) is 14.9. The van der Waals surface area contributed by atoms with Crippen molar-refractivity contribution in [1.82, 2.24) is 19.8 Å². The fourth-order valence-corrected chi connectivity index (χ4v) is 4.58. The summed E-state index contributed by atoms with van der Waals surface area (Å²) >= 11 is 0. The van der Waals surface area contributed by atoms with E-state index in [1.807, 2.05) is 0 Å². The zero-order chi connectivity index (χ0) is 17.4. The minimum absolute atomic E-state index is 0.118. The highest BCUT2D eigenvalue weighted by Crippen LogP contribution is 2.37. The summed E-state index contributed by atoms with van der Waals surface area (Å²) in [7, 11) is -3.27. The van der Waals surface area contributed by atoms with Crippen molar-refractivity contribution in [2.45, 2.75) is 51.0 Å². The van der Waals surface area contributed by atoms with Crippen molar-refractivity contribution < 1.29 is 17.7 Å². The molecule has 0 aromatic carbocycles. The average molecular weight is 356 g/mol. The second-order valence-corrected chi connectivity index (χ2v) is 8.86. The molecule has 1 saturated carbocycles. The van der Waals surface area contributed by atoms with Crippen molar-refractivity contribution >= 4 is 15.9 Å². The molecule has 2 heterocycles. The lowest BCUT2D eigenvalue weighted by Gasteiger charge is -2.33. The molecule has 134 valence electrons. The van der Waals surface area contributed by atoms with Gasteiger partial charge in [-0.1, -0.05) is 18.0 Å². The van der Waals surface area contributed by atoms with E-state index in [0.717, 1.165) is 25.7 Å². The summed E-state index contributed by atoms with van der Waals surface area (Å²) in [4.78, 5) is 17.1. The molecule has 1 aromatic rings. The topological polar surface area (TPSA) is 105 Å². The van der Waals surface area contributed by atoms with E-state index in [2.05, 4.69) is 15.5 Å². The van der Waals surface area contributed by atoms with E-state index in [1.54, 1.807) is 6.92 Å². The van der Waals surface area contributed by atoms with Gasteiger partial charge in [0.25, 0.3) is 0 Å². The number of rotatable bonds is 4. The number of amides is 1. The van der Waals surface area contributed by atoms with Crippen LogP contribution in [0.2, 0.25) is 0 Å². The molecule has 1 atom stereocenters. The fourth-order valence-electron chi connectivity index (χ4n) is 3.67. The Balaban J connectivity index is 1.75. The Hall–Kier alpha value is -1.48. The van der Waals surface area contributed by atoms with Crippen molar-refractivity contribution in [3.8, 4) is 0 Å². The summed E-state index contributed by atoms with van der Waals surface area (Å²) in [5, 5.41) is 7.13. The highest BCUT2D eigenvalue weighted by atomic mass is 32.2. The van der Waals surface area contributed by atoms with E-state index in [0.29, 0.717) is 31.1 Å². The summed E-state index contributed by atoms with van der Waals surface area (Å²) in [5.41, 5.74) is -0.581. The zero-order valence-electron chi connectivity index (χ0n) is 14.1. The van der Waals surface area contributed by atoms with Gasteiger partial charge in [0, 0.05) is 20.0 Å². The van der Waals surface area contributed by atoms with Crippen LogP contribution in [0, 0.1) is 12.8 Å². The lowest BCUT2D eigenvalue weighted by atomic mass is 9.93. The molecule has 1 saturated heterocycles. The number of hydrogen-bond donors (Lipinski definition) is 1. The first-order chi connectivity index (χ1) is 11.3. The van der Waals surface area contributed by atoms with Crippen LogP contribution in [0.5, 0.6) is 0 Å². The van der Waals surface area contributed by atoms with Gasteiger partial charge >= 0.3 is 0 Å². The Morgan fingerprint density at radius 2 is 2.04 bits per heavy atom. The smallest absolute Gasteiger partial charge is 0.225 e. The maximum atomic E-state index is 12.8. The first-order valence-electron chi connectivity index (χ1n) is 8.38. The van der Waals surface area contributed by atoms with Crippen LogP contribution in [0.1, 0.15) is 50.2 Å². The number of aromatic nitrogens is 2. The van der Waals surface area contributed by atoms with Gasteiger partial charge in [-0.3, -0.25) is 4.79 Å². The van der Waals surface area contributed by atoms with E-state index < -0.39 is 15.6 Å². The Bertz CT molecular complexity index is 709. The molecule has 24 heavy (non-hydrogen) atoms. The van der Waals surface area contributed by atoms with E-state index in [4.69, 9.17) is 4.52 Å². The van der Waals surface area contributed by atoms with Gasteiger partial charge in [-0.05, 0) is 25.7 Å². The Morgan fingerprint density at radius 1 is 1.33 bits per heavy atom. The quantitative estimate of drug-likeness (QED) is 0.860. The normalized spacial score (nSPS) is 24.8. The molecular formula is C15H24N4O4S. The molecule has 1 N–H and O–H groups in total. The number of nitrogens with zero attached hydrogens (tertiary/aromatic N) is 3. The minimum atomic E-state index is -3.27. The summed E-state index contributed by atoms with van der Waals surface area (Å²) in [6, 6.07) is 0. The number of nitrogens with one attached hydrogen (secondary N) is 1. The Kier molecular flexibility index (Phi) is 4.65. The minimum Gasteiger partial charge on any atom is -0.343 e. The Morgan fingerprint density at radius 3 is 2.62 bits per heavy atom. The van der Waals surface area contributed by atoms with Crippen molar-refractivity contribution in [2.24, 2.45) is 5.92 Å². The number of carbonyl (C=O) groups is 1. The maximum Gasteiger partial charge on any atom is 0.225 e. The number of sulfonamides is 1. The molecule has 1 aliphatic carbocycles. The second kappa shape index (κ2) is 6.44.